The van der Waals surface area contributed by atoms with Gasteiger partial charge in [0.15, 0.2) is 11.5 Å². The van der Waals surface area contributed by atoms with Gasteiger partial charge in [-0.3, -0.25) is 19.1 Å². The minimum atomic E-state index is -0.273. The van der Waals surface area contributed by atoms with Crippen molar-refractivity contribution in [1.29, 1.82) is 5.26 Å². The van der Waals surface area contributed by atoms with E-state index in [4.69, 9.17) is 21.7 Å². The summed E-state index contributed by atoms with van der Waals surface area (Å²) in [4.78, 5) is 31.4. The summed E-state index contributed by atoms with van der Waals surface area (Å²) in [6, 6.07) is 7.73. The number of pyridine rings is 1. The maximum Gasteiger partial charge on any atom is 0.270 e. The Balaban J connectivity index is 1.57. The molecule has 1 amide bonds. The van der Waals surface area contributed by atoms with E-state index in [-0.39, 0.29) is 23.8 Å². The Morgan fingerprint density at radius 2 is 1.90 bits per heavy atom. The van der Waals surface area contributed by atoms with E-state index in [0.717, 1.165) is 42.9 Å². The highest BCUT2D eigenvalue weighted by Gasteiger charge is 2.34. The van der Waals surface area contributed by atoms with E-state index in [0.29, 0.717) is 51.2 Å². The molecule has 10 heteroatoms. The second-order valence-electron chi connectivity index (χ2n) is 10.6. The highest BCUT2D eigenvalue weighted by atomic mass is 32.2. The molecule has 3 aliphatic heterocycles. The van der Waals surface area contributed by atoms with Gasteiger partial charge in [0.2, 0.25) is 6.79 Å². The van der Waals surface area contributed by atoms with Gasteiger partial charge in [-0.1, -0.05) is 50.8 Å². The standard InChI is InChI=1S/C29H32N4O4S2/c1-5-8-32-26(31-13-17(2)9-18(3)14-31)21(19(4)22(12-30)27(32)34)11-25-28(35)33(29(38)39-25)15-20-6-7-23-24(10-20)37-16-36-23/h6-7,10-11,17-18H,5,8-9,13-16H2,1-4H3/b25-11-. The highest BCUT2D eigenvalue weighted by Crippen LogP contribution is 2.39. The Labute approximate surface area is 238 Å². The van der Waals surface area contributed by atoms with Crippen molar-refractivity contribution < 1.29 is 14.3 Å². The largest absolute Gasteiger partial charge is 0.454 e. The van der Waals surface area contributed by atoms with Crippen LogP contribution in [-0.4, -0.2) is 39.6 Å². The predicted octanol–water partition coefficient (Wildman–Crippen LogP) is 5.05. The molecule has 1 aromatic heterocycles. The molecule has 2 fully saturated rings. The molecule has 2 saturated heterocycles. The molecule has 0 radical (unpaired) electrons. The topological polar surface area (TPSA) is 87.8 Å². The maximum atomic E-state index is 13.6. The maximum absolute atomic E-state index is 13.6. The van der Waals surface area contributed by atoms with Crippen molar-refractivity contribution in [3.05, 3.63) is 55.7 Å². The lowest BCUT2D eigenvalue weighted by Crippen LogP contribution is -2.43. The second-order valence-corrected chi connectivity index (χ2v) is 12.3. The summed E-state index contributed by atoms with van der Waals surface area (Å²) in [5.41, 5.74) is 2.06. The number of carbonyl (C=O) groups is 1. The molecule has 3 aliphatic rings. The van der Waals surface area contributed by atoms with E-state index in [1.165, 1.54) is 11.8 Å². The fourth-order valence-corrected chi connectivity index (χ4v) is 6.98. The van der Waals surface area contributed by atoms with E-state index in [2.05, 4.69) is 24.8 Å². The summed E-state index contributed by atoms with van der Waals surface area (Å²) < 4.78 is 13.1. The third-order valence-electron chi connectivity index (χ3n) is 7.39. The molecule has 0 spiro atoms. The molecule has 4 heterocycles. The minimum absolute atomic E-state index is 0.118. The number of thiocarbonyl (C=S) groups is 1. The van der Waals surface area contributed by atoms with E-state index < -0.39 is 0 Å². The van der Waals surface area contributed by atoms with Gasteiger partial charge < -0.3 is 14.4 Å². The van der Waals surface area contributed by atoms with Crippen molar-refractivity contribution in [3.63, 3.8) is 0 Å². The molecule has 0 aliphatic carbocycles. The number of anilines is 1. The van der Waals surface area contributed by atoms with Crippen molar-refractivity contribution in [2.45, 2.75) is 53.6 Å². The lowest BCUT2D eigenvalue weighted by atomic mass is 9.91. The van der Waals surface area contributed by atoms with Crippen LogP contribution in [0.25, 0.3) is 6.08 Å². The average Bonchev–Trinajstić information content (AvgIpc) is 3.46. The third-order valence-corrected chi connectivity index (χ3v) is 8.77. The Hall–Kier alpha value is -3.29. The molecular formula is C29H32N4O4S2. The summed E-state index contributed by atoms with van der Waals surface area (Å²) in [6.07, 6.45) is 3.70. The quantitative estimate of drug-likeness (QED) is 0.356. The molecule has 8 nitrogen and oxygen atoms in total. The number of amides is 1. The fourth-order valence-electron chi connectivity index (χ4n) is 5.74. The monoisotopic (exact) mass is 564 g/mol. The van der Waals surface area contributed by atoms with Gasteiger partial charge in [-0.05, 0) is 60.9 Å². The Morgan fingerprint density at radius 1 is 1.18 bits per heavy atom. The van der Waals surface area contributed by atoms with Gasteiger partial charge in [0.25, 0.3) is 11.5 Å². The number of thioether (sulfide) groups is 1. The van der Waals surface area contributed by atoms with Crippen LogP contribution in [0, 0.1) is 30.1 Å². The van der Waals surface area contributed by atoms with E-state index in [1.54, 1.807) is 16.4 Å². The molecular weight excluding hydrogens is 532 g/mol. The third kappa shape index (κ3) is 5.18. The summed E-state index contributed by atoms with van der Waals surface area (Å²) in [5, 5.41) is 9.91. The highest BCUT2D eigenvalue weighted by molar-refractivity contribution is 8.26. The Kier molecular flexibility index (Phi) is 7.74. The van der Waals surface area contributed by atoms with E-state index >= 15 is 0 Å². The predicted molar refractivity (Wildman–Crippen MR) is 157 cm³/mol. The normalized spacial score (nSPS) is 21.7. The first kappa shape index (κ1) is 27.3. The molecule has 0 N–H and O–H groups in total. The lowest BCUT2D eigenvalue weighted by Gasteiger charge is -2.39. The average molecular weight is 565 g/mol. The van der Waals surface area contributed by atoms with Crippen LogP contribution in [0.4, 0.5) is 5.82 Å². The van der Waals surface area contributed by atoms with Crippen LogP contribution < -0.4 is 19.9 Å². The van der Waals surface area contributed by atoms with Crippen LogP contribution in [0.3, 0.4) is 0 Å². The van der Waals surface area contributed by atoms with Gasteiger partial charge in [-0.15, -0.1) is 0 Å². The fraction of sp³-hybridized carbons (Fsp3) is 0.448. The first-order chi connectivity index (χ1) is 18.7. The number of fused-ring (bicyclic) bond motifs is 1. The van der Waals surface area contributed by atoms with Crippen LogP contribution in [0.5, 0.6) is 11.5 Å². The van der Waals surface area contributed by atoms with Gasteiger partial charge in [-0.2, -0.15) is 5.26 Å². The SMILES string of the molecule is CCCn1c(N2CC(C)CC(C)C2)c(/C=C2\SC(=S)N(Cc3ccc4c(c3)OCO4)C2=O)c(C)c(C#N)c1=O. The summed E-state index contributed by atoms with van der Waals surface area (Å²) in [6.45, 7) is 10.9. The number of ether oxygens (including phenoxy) is 2. The van der Waals surface area contributed by atoms with Crippen LogP contribution in [0.1, 0.15) is 55.9 Å². The second kappa shape index (κ2) is 11.1. The van der Waals surface area contributed by atoms with Crippen molar-refractivity contribution in [2.75, 3.05) is 24.8 Å². The van der Waals surface area contributed by atoms with Crippen molar-refractivity contribution in [2.24, 2.45) is 11.8 Å². The van der Waals surface area contributed by atoms with E-state index in [9.17, 15) is 14.9 Å². The summed E-state index contributed by atoms with van der Waals surface area (Å²) >= 11 is 6.87. The number of aromatic nitrogens is 1. The minimum Gasteiger partial charge on any atom is -0.454 e. The van der Waals surface area contributed by atoms with Gasteiger partial charge in [0, 0.05) is 25.2 Å². The number of rotatable bonds is 6. The molecule has 0 saturated carbocycles. The molecule has 2 atom stereocenters. The molecule has 0 bridgehead atoms. The number of benzene rings is 1. The summed E-state index contributed by atoms with van der Waals surface area (Å²) in [7, 11) is 0. The molecule has 5 rings (SSSR count). The smallest absolute Gasteiger partial charge is 0.270 e. The zero-order valence-electron chi connectivity index (χ0n) is 22.7. The number of piperidine rings is 1. The molecule has 1 aromatic carbocycles. The van der Waals surface area contributed by atoms with Gasteiger partial charge >= 0.3 is 0 Å². The van der Waals surface area contributed by atoms with Crippen molar-refractivity contribution in [1.82, 2.24) is 9.47 Å². The molecule has 204 valence electrons. The van der Waals surface area contributed by atoms with Crippen molar-refractivity contribution in [3.8, 4) is 17.6 Å². The number of carbonyl (C=O) groups excluding carboxylic acids is 1. The van der Waals surface area contributed by atoms with Crippen LogP contribution in [-0.2, 0) is 17.9 Å². The Morgan fingerprint density at radius 3 is 2.59 bits per heavy atom. The molecule has 2 unspecified atom stereocenters. The van der Waals surface area contributed by atoms with E-state index in [1.807, 2.05) is 31.2 Å². The zero-order valence-corrected chi connectivity index (χ0v) is 24.3. The van der Waals surface area contributed by atoms with Crippen molar-refractivity contribution >= 4 is 46.1 Å². The number of nitriles is 1. The number of hydrogen-bond donors (Lipinski definition) is 0. The van der Waals surface area contributed by atoms with Crippen LogP contribution in [0.15, 0.2) is 27.9 Å². The lowest BCUT2D eigenvalue weighted by molar-refractivity contribution is -0.122. The molecule has 2 aromatic rings. The zero-order chi connectivity index (χ0) is 27.8. The van der Waals surface area contributed by atoms with Gasteiger partial charge in [0.1, 0.15) is 21.8 Å². The molecule has 39 heavy (non-hydrogen) atoms. The van der Waals surface area contributed by atoms with Gasteiger partial charge in [0.05, 0.1) is 11.4 Å². The Bertz CT molecular complexity index is 1470. The number of nitrogens with zero attached hydrogens (tertiary/aromatic N) is 4. The van der Waals surface area contributed by atoms with Crippen LogP contribution >= 0.6 is 24.0 Å². The first-order valence-electron chi connectivity index (χ1n) is 13.3. The van der Waals surface area contributed by atoms with Crippen LogP contribution in [0.2, 0.25) is 0 Å². The number of hydrogen-bond acceptors (Lipinski definition) is 8. The first-order valence-corrected chi connectivity index (χ1v) is 14.5. The van der Waals surface area contributed by atoms with Gasteiger partial charge in [-0.25, -0.2) is 0 Å². The summed E-state index contributed by atoms with van der Waals surface area (Å²) in [5.74, 6) is 2.85.